The molecule has 1 saturated carbocycles. The van der Waals surface area contributed by atoms with Gasteiger partial charge in [0, 0.05) is 44.5 Å². The Labute approximate surface area is 135 Å². The van der Waals surface area contributed by atoms with E-state index >= 15 is 0 Å². The van der Waals surface area contributed by atoms with Gasteiger partial charge in [-0.25, -0.2) is 4.98 Å². The van der Waals surface area contributed by atoms with E-state index in [1.807, 2.05) is 24.4 Å². The Morgan fingerprint density at radius 1 is 1.00 bits per heavy atom. The second-order valence-electron chi connectivity index (χ2n) is 6.05. The first-order valence-electron chi connectivity index (χ1n) is 8.10. The van der Waals surface area contributed by atoms with Crippen molar-refractivity contribution in [3.8, 4) is 0 Å². The van der Waals surface area contributed by atoms with Crippen LogP contribution in [-0.2, 0) is 0 Å². The maximum absolute atomic E-state index is 5.87. The van der Waals surface area contributed by atoms with Gasteiger partial charge in [-0.2, -0.15) is 9.97 Å². The van der Waals surface area contributed by atoms with Gasteiger partial charge in [-0.3, -0.25) is 0 Å². The van der Waals surface area contributed by atoms with Crippen LogP contribution >= 0.6 is 0 Å². The quantitative estimate of drug-likeness (QED) is 0.882. The monoisotopic (exact) mass is 311 g/mol. The molecule has 2 fully saturated rings. The third-order valence-corrected chi connectivity index (χ3v) is 4.24. The van der Waals surface area contributed by atoms with Crippen molar-refractivity contribution >= 4 is 23.4 Å². The Kier molecular flexibility index (Phi) is 3.61. The van der Waals surface area contributed by atoms with E-state index in [9.17, 15) is 0 Å². The Bertz CT molecular complexity index is 663. The molecule has 0 spiro atoms. The summed E-state index contributed by atoms with van der Waals surface area (Å²) in [7, 11) is 0. The fourth-order valence-electron chi connectivity index (χ4n) is 2.83. The average molecular weight is 311 g/mol. The van der Waals surface area contributed by atoms with Gasteiger partial charge < -0.3 is 20.9 Å². The summed E-state index contributed by atoms with van der Waals surface area (Å²) in [6.07, 6.45) is 4.26. The maximum Gasteiger partial charge on any atom is 0.223 e. The van der Waals surface area contributed by atoms with Crippen LogP contribution in [-0.4, -0.2) is 47.2 Å². The summed E-state index contributed by atoms with van der Waals surface area (Å²) in [5.41, 5.74) is 5.87. The number of hydrogen-bond acceptors (Lipinski definition) is 7. The number of aromatic nitrogens is 3. The lowest BCUT2D eigenvalue weighted by Gasteiger charge is -2.36. The normalized spacial score (nSPS) is 18.1. The molecular formula is C16H21N7. The van der Waals surface area contributed by atoms with Crippen LogP contribution in [0.1, 0.15) is 12.8 Å². The molecule has 2 aromatic heterocycles. The van der Waals surface area contributed by atoms with Crippen LogP contribution in [0, 0.1) is 0 Å². The molecule has 7 heteroatoms. The molecule has 4 rings (SSSR count). The highest BCUT2D eigenvalue weighted by atomic mass is 15.3. The van der Waals surface area contributed by atoms with E-state index < -0.39 is 0 Å². The van der Waals surface area contributed by atoms with Crippen LogP contribution in [0.2, 0.25) is 0 Å². The topological polar surface area (TPSA) is 83.2 Å². The standard InChI is InChI=1S/C16H21N7/c17-16-20-13(19-12-4-5-12)11-15(21-16)23-9-7-22(8-10-23)14-3-1-2-6-18-14/h1-3,6,11-12H,4-5,7-10H2,(H3,17,19,20,21). The minimum atomic E-state index is 0.331. The zero-order chi connectivity index (χ0) is 15.6. The molecule has 3 heterocycles. The highest BCUT2D eigenvalue weighted by molar-refractivity contribution is 5.54. The van der Waals surface area contributed by atoms with Crippen molar-refractivity contribution in [2.24, 2.45) is 0 Å². The lowest BCUT2D eigenvalue weighted by molar-refractivity contribution is 0.641. The van der Waals surface area contributed by atoms with Crippen LogP contribution < -0.4 is 20.9 Å². The van der Waals surface area contributed by atoms with Crippen molar-refractivity contribution in [3.63, 3.8) is 0 Å². The average Bonchev–Trinajstić information content (AvgIpc) is 3.39. The molecule has 0 bridgehead atoms. The molecule has 0 radical (unpaired) electrons. The van der Waals surface area contributed by atoms with Crippen LogP contribution in [0.3, 0.4) is 0 Å². The predicted molar refractivity (Wildman–Crippen MR) is 91.8 cm³/mol. The van der Waals surface area contributed by atoms with Crippen molar-refractivity contribution in [2.75, 3.05) is 47.0 Å². The molecular weight excluding hydrogens is 290 g/mol. The molecule has 7 nitrogen and oxygen atoms in total. The summed E-state index contributed by atoms with van der Waals surface area (Å²) >= 11 is 0. The fraction of sp³-hybridized carbons (Fsp3) is 0.438. The number of anilines is 4. The van der Waals surface area contributed by atoms with Gasteiger partial charge in [-0.15, -0.1) is 0 Å². The fourth-order valence-corrected chi connectivity index (χ4v) is 2.83. The first-order chi connectivity index (χ1) is 11.3. The maximum atomic E-state index is 5.87. The summed E-state index contributed by atoms with van der Waals surface area (Å²) < 4.78 is 0. The number of piperazine rings is 1. The number of nitrogens with zero attached hydrogens (tertiary/aromatic N) is 5. The zero-order valence-electron chi connectivity index (χ0n) is 13.0. The second-order valence-corrected chi connectivity index (χ2v) is 6.05. The Morgan fingerprint density at radius 3 is 2.39 bits per heavy atom. The lowest BCUT2D eigenvalue weighted by Crippen LogP contribution is -2.47. The van der Waals surface area contributed by atoms with Gasteiger partial charge in [0.25, 0.3) is 0 Å². The smallest absolute Gasteiger partial charge is 0.223 e. The van der Waals surface area contributed by atoms with E-state index in [1.165, 1.54) is 12.8 Å². The van der Waals surface area contributed by atoms with E-state index in [-0.39, 0.29) is 0 Å². The molecule has 2 aliphatic rings. The minimum Gasteiger partial charge on any atom is -0.368 e. The van der Waals surface area contributed by atoms with Gasteiger partial charge in [0.2, 0.25) is 5.95 Å². The molecule has 0 amide bonds. The van der Waals surface area contributed by atoms with E-state index in [0.717, 1.165) is 43.6 Å². The molecule has 23 heavy (non-hydrogen) atoms. The van der Waals surface area contributed by atoms with Crippen LogP contribution in [0.25, 0.3) is 0 Å². The third kappa shape index (κ3) is 3.28. The molecule has 1 aliphatic carbocycles. The zero-order valence-corrected chi connectivity index (χ0v) is 13.0. The number of nitrogens with one attached hydrogen (secondary N) is 1. The molecule has 120 valence electrons. The summed E-state index contributed by atoms with van der Waals surface area (Å²) in [4.78, 5) is 17.7. The molecule has 0 atom stereocenters. The summed E-state index contributed by atoms with van der Waals surface area (Å²) in [6.45, 7) is 3.64. The van der Waals surface area contributed by atoms with E-state index in [0.29, 0.717) is 12.0 Å². The van der Waals surface area contributed by atoms with Crippen LogP contribution in [0.5, 0.6) is 0 Å². The number of rotatable bonds is 4. The number of nitrogens with two attached hydrogens (primary N) is 1. The summed E-state index contributed by atoms with van der Waals surface area (Å²) in [6, 6.07) is 8.58. The van der Waals surface area contributed by atoms with Crippen LogP contribution in [0.15, 0.2) is 30.5 Å². The lowest BCUT2D eigenvalue weighted by atomic mass is 10.3. The highest BCUT2D eigenvalue weighted by Gasteiger charge is 2.23. The Balaban J connectivity index is 1.44. The SMILES string of the molecule is Nc1nc(NC2CC2)cc(N2CCN(c3ccccn3)CC2)n1. The molecule has 1 saturated heterocycles. The van der Waals surface area contributed by atoms with E-state index in [2.05, 4.69) is 36.1 Å². The number of pyridine rings is 1. The highest BCUT2D eigenvalue weighted by Crippen LogP contribution is 2.26. The number of hydrogen-bond donors (Lipinski definition) is 2. The summed E-state index contributed by atoms with van der Waals surface area (Å²) in [5.74, 6) is 3.10. The molecule has 1 aliphatic heterocycles. The largest absolute Gasteiger partial charge is 0.368 e. The molecule has 0 aromatic carbocycles. The van der Waals surface area contributed by atoms with Gasteiger partial charge in [0.15, 0.2) is 0 Å². The Hall–Kier alpha value is -2.57. The van der Waals surface area contributed by atoms with E-state index in [1.54, 1.807) is 0 Å². The van der Waals surface area contributed by atoms with Crippen LogP contribution in [0.4, 0.5) is 23.4 Å². The van der Waals surface area contributed by atoms with Crippen molar-refractivity contribution in [2.45, 2.75) is 18.9 Å². The third-order valence-electron chi connectivity index (χ3n) is 4.24. The van der Waals surface area contributed by atoms with Crippen molar-refractivity contribution in [3.05, 3.63) is 30.5 Å². The predicted octanol–water partition coefficient (Wildman–Crippen LogP) is 1.35. The van der Waals surface area contributed by atoms with E-state index in [4.69, 9.17) is 5.73 Å². The minimum absolute atomic E-state index is 0.331. The van der Waals surface area contributed by atoms with Gasteiger partial charge in [0.05, 0.1) is 0 Å². The van der Waals surface area contributed by atoms with Gasteiger partial charge in [-0.05, 0) is 25.0 Å². The van der Waals surface area contributed by atoms with Gasteiger partial charge in [-0.1, -0.05) is 6.07 Å². The van der Waals surface area contributed by atoms with Gasteiger partial charge >= 0.3 is 0 Å². The second kappa shape index (κ2) is 5.91. The first kappa shape index (κ1) is 14.0. The van der Waals surface area contributed by atoms with Crippen molar-refractivity contribution < 1.29 is 0 Å². The van der Waals surface area contributed by atoms with Crippen molar-refractivity contribution in [1.82, 2.24) is 15.0 Å². The Morgan fingerprint density at radius 2 is 1.74 bits per heavy atom. The molecule has 0 unspecified atom stereocenters. The molecule has 3 N–H and O–H groups in total. The van der Waals surface area contributed by atoms with Gasteiger partial charge in [0.1, 0.15) is 17.5 Å². The first-order valence-corrected chi connectivity index (χ1v) is 8.10. The molecule has 2 aromatic rings. The van der Waals surface area contributed by atoms with Crippen molar-refractivity contribution in [1.29, 1.82) is 0 Å². The summed E-state index contributed by atoms with van der Waals surface area (Å²) in [5, 5.41) is 3.39. The number of nitrogen functional groups attached to an aromatic ring is 1.